The lowest BCUT2D eigenvalue weighted by Crippen LogP contribution is -2.48. The molecule has 2 atom stereocenters. The summed E-state index contributed by atoms with van der Waals surface area (Å²) < 4.78 is 6.58. The molecule has 130 valence electrons. The molecule has 0 radical (unpaired) electrons. The fraction of sp³-hybridized carbons (Fsp3) is 0.800. The number of carbonyl (C=O) groups is 1. The molecule has 2 heterocycles. The molecule has 0 spiro atoms. The second-order valence-corrected chi connectivity index (χ2v) is 6.97. The Balaban J connectivity index is 1.95. The molecule has 0 bridgehead atoms. The number of thioether (sulfide) groups is 1. The number of hydrogen-bond donors (Lipinski definition) is 1. The van der Waals surface area contributed by atoms with Crippen molar-refractivity contribution in [3.63, 3.8) is 0 Å². The van der Waals surface area contributed by atoms with Crippen molar-refractivity contribution >= 4 is 17.7 Å². The average molecular weight is 342 g/mol. The number of H-pyrrole nitrogens is 1. The second-order valence-electron chi connectivity index (χ2n) is 6.03. The Morgan fingerprint density at radius 2 is 2.09 bits per heavy atom. The van der Waals surface area contributed by atoms with Crippen LogP contribution in [0.15, 0.2) is 9.95 Å². The number of aromatic nitrogens is 3. The quantitative estimate of drug-likeness (QED) is 0.600. The van der Waals surface area contributed by atoms with Gasteiger partial charge in [0.15, 0.2) is 5.16 Å². The summed E-state index contributed by atoms with van der Waals surface area (Å²) in [4.78, 5) is 26.3. The van der Waals surface area contributed by atoms with Gasteiger partial charge in [0.05, 0.1) is 5.75 Å². The van der Waals surface area contributed by atoms with Gasteiger partial charge in [0.1, 0.15) is 0 Å². The number of aromatic amines is 1. The number of rotatable bonds is 7. The summed E-state index contributed by atoms with van der Waals surface area (Å²) in [5.41, 5.74) is -0.240. The van der Waals surface area contributed by atoms with Crippen LogP contribution in [-0.4, -0.2) is 57.1 Å². The number of amides is 1. The monoisotopic (exact) mass is 342 g/mol. The summed E-state index contributed by atoms with van der Waals surface area (Å²) in [5, 5.41) is 7.05. The fourth-order valence-electron chi connectivity index (χ4n) is 3.09. The smallest absolute Gasteiger partial charge is 0.343 e. The van der Waals surface area contributed by atoms with Crippen molar-refractivity contribution in [3.05, 3.63) is 10.5 Å². The number of hydrogen-bond acceptors (Lipinski definition) is 5. The van der Waals surface area contributed by atoms with Gasteiger partial charge in [-0.2, -0.15) is 0 Å². The van der Waals surface area contributed by atoms with E-state index in [0.717, 1.165) is 19.3 Å². The normalized spacial score (nSPS) is 21.6. The fourth-order valence-corrected chi connectivity index (χ4v) is 3.93. The van der Waals surface area contributed by atoms with Gasteiger partial charge in [0, 0.05) is 32.3 Å². The topological polar surface area (TPSA) is 80.2 Å². The lowest BCUT2D eigenvalue weighted by atomic mass is 9.98. The Morgan fingerprint density at radius 3 is 2.74 bits per heavy atom. The first kappa shape index (κ1) is 18.1. The number of nitrogens with zero attached hydrogens (tertiary/aromatic N) is 3. The van der Waals surface area contributed by atoms with Gasteiger partial charge < -0.3 is 9.64 Å². The van der Waals surface area contributed by atoms with Crippen molar-refractivity contribution in [1.29, 1.82) is 0 Å². The maximum atomic E-state index is 12.5. The van der Waals surface area contributed by atoms with Crippen LogP contribution in [-0.2, 0) is 16.1 Å². The molecule has 1 amide bonds. The summed E-state index contributed by atoms with van der Waals surface area (Å²) >= 11 is 1.32. The molecular formula is C15H26N4O3S. The lowest BCUT2D eigenvalue weighted by molar-refractivity contribution is -0.134. The zero-order chi connectivity index (χ0) is 16.8. The molecule has 1 aliphatic heterocycles. The van der Waals surface area contributed by atoms with E-state index in [4.69, 9.17) is 4.74 Å². The van der Waals surface area contributed by atoms with E-state index in [1.807, 2.05) is 4.90 Å². The minimum Gasteiger partial charge on any atom is -0.385 e. The highest BCUT2D eigenvalue weighted by atomic mass is 32.2. The van der Waals surface area contributed by atoms with E-state index >= 15 is 0 Å². The number of methoxy groups -OCH3 is 1. The molecule has 2 rings (SSSR count). The van der Waals surface area contributed by atoms with Crippen LogP contribution in [0.2, 0.25) is 0 Å². The Kier molecular flexibility index (Phi) is 6.71. The Morgan fingerprint density at radius 1 is 1.39 bits per heavy atom. The van der Waals surface area contributed by atoms with E-state index in [1.54, 1.807) is 11.7 Å². The number of carbonyl (C=O) groups excluding carboxylic acids is 1. The third-order valence-electron chi connectivity index (χ3n) is 4.26. The molecule has 0 saturated carbocycles. The summed E-state index contributed by atoms with van der Waals surface area (Å²) in [6, 6.07) is 0.574. The minimum atomic E-state index is -0.240. The van der Waals surface area contributed by atoms with E-state index in [-0.39, 0.29) is 23.7 Å². The van der Waals surface area contributed by atoms with Crippen LogP contribution in [0.4, 0.5) is 0 Å². The highest BCUT2D eigenvalue weighted by Crippen LogP contribution is 2.24. The van der Waals surface area contributed by atoms with Gasteiger partial charge in [-0.1, -0.05) is 11.8 Å². The lowest BCUT2D eigenvalue weighted by Gasteiger charge is -2.39. The maximum Gasteiger partial charge on any atom is 0.343 e. The molecule has 0 aliphatic carbocycles. The first-order valence-electron chi connectivity index (χ1n) is 8.12. The van der Waals surface area contributed by atoms with Gasteiger partial charge in [0.2, 0.25) is 5.91 Å². The minimum absolute atomic E-state index is 0.119. The van der Waals surface area contributed by atoms with Crippen molar-refractivity contribution < 1.29 is 9.53 Å². The molecule has 1 N–H and O–H groups in total. The first-order chi connectivity index (χ1) is 11.0. The third-order valence-corrected chi connectivity index (χ3v) is 5.22. The summed E-state index contributed by atoms with van der Waals surface area (Å²) in [5.74, 6) is 0.428. The van der Waals surface area contributed by atoms with Crippen molar-refractivity contribution in [2.45, 2.75) is 63.3 Å². The second kappa shape index (κ2) is 8.54. The van der Waals surface area contributed by atoms with E-state index in [2.05, 4.69) is 24.0 Å². The molecule has 7 nitrogen and oxygen atoms in total. The summed E-state index contributed by atoms with van der Waals surface area (Å²) in [7, 11) is 1.63. The van der Waals surface area contributed by atoms with Gasteiger partial charge in [-0.05, 0) is 39.5 Å². The van der Waals surface area contributed by atoms with Gasteiger partial charge in [-0.15, -0.1) is 5.10 Å². The molecular weight excluding hydrogens is 316 g/mol. The zero-order valence-corrected chi connectivity index (χ0v) is 14.9. The van der Waals surface area contributed by atoms with Crippen LogP contribution in [0, 0.1) is 0 Å². The predicted octanol–water partition coefficient (Wildman–Crippen LogP) is 1.49. The predicted molar refractivity (Wildman–Crippen MR) is 89.7 cm³/mol. The first-order valence-corrected chi connectivity index (χ1v) is 9.11. The Labute approximate surface area is 140 Å². The van der Waals surface area contributed by atoms with E-state index in [9.17, 15) is 9.59 Å². The van der Waals surface area contributed by atoms with Crippen molar-refractivity contribution in [2.75, 3.05) is 19.5 Å². The van der Waals surface area contributed by atoms with Crippen LogP contribution in [0.3, 0.4) is 0 Å². The van der Waals surface area contributed by atoms with Crippen molar-refractivity contribution in [3.8, 4) is 0 Å². The van der Waals surface area contributed by atoms with E-state index in [0.29, 0.717) is 24.1 Å². The number of piperidine rings is 1. The SMILES string of the molecule is COCCCn1c(SCC(=O)N2C(C)CCCC2C)n[nH]c1=O. The standard InChI is InChI=1S/C15H26N4O3S/c1-11-6-4-7-12(2)19(11)13(20)10-23-15-17-16-14(21)18(15)8-5-9-22-3/h11-12H,4-10H2,1-3H3,(H,16,21). The largest absolute Gasteiger partial charge is 0.385 e. The molecule has 1 aliphatic rings. The molecule has 2 unspecified atom stereocenters. The third kappa shape index (κ3) is 4.60. The van der Waals surface area contributed by atoms with Crippen molar-refractivity contribution in [1.82, 2.24) is 19.7 Å². The molecule has 23 heavy (non-hydrogen) atoms. The molecule has 1 aromatic heterocycles. The van der Waals surface area contributed by atoms with Crippen LogP contribution in [0.1, 0.15) is 39.5 Å². The highest BCUT2D eigenvalue weighted by molar-refractivity contribution is 7.99. The summed E-state index contributed by atoms with van der Waals surface area (Å²) in [6.45, 7) is 5.33. The number of nitrogens with one attached hydrogen (secondary N) is 1. The Bertz CT molecular complexity index is 561. The molecule has 8 heteroatoms. The van der Waals surface area contributed by atoms with Crippen LogP contribution in [0.25, 0.3) is 0 Å². The van der Waals surface area contributed by atoms with Crippen LogP contribution < -0.4 is 5.69 Å². The highest BCUT2D eigenvalue weighted by Gasteiger charge is 2.29. The molecule has 0 aromatic carbocycles. The Hall–Kier alpha value is -1.28. The molecule has 1 aromatic rings. The van der Waals surface area contributed by atoms with Gasteiger partial charge in [-0.3, -0.25) is 9.36 Å². The van der Waals surface area contributed by atoms with E-state index in [1.165, 1.54) is 18.2 Å². The van der Waals surface area contributed by atoms with Gasteiger partial charge >= 0.3 is 5.69 Å². The molecule has 1 saturated heterocycles. The van der Waals surface area contributed by atoms with Crippen LogP contribution in [0.5, 0.6) is 0 Å². The van der Waals surface area contributed by atoms with Gasteiger partial charge in [0.25, 0.3) is 0 Å². The van der Waals surface area contributed by atoms with Crippen LogP contribution >= 0.6 is 11.8 Å². The number of ether oxygens (including phenoxy) is 1. The average Bonchev–Trinajstić information content (AvgIpc) is 2.86. The summed E-state index contributed by atoms with van der Waals surface area (Å²) in [6.07, 6.45) is 4.03. The van der Waals surface area contributed by atoms with E-state index < -0.39 is 0 Å². The van der Waals surface area contributed by atoms with Gasteiger partial charge in [-0.25, -0.2) is 9.89 Å². The van der Waals surface area contributed by atoms with Crippen molar-refractivity contribution in [2.24, 2.45) is 0 Å². The zero-order valence-electron chi connectivity index (χ0n) is 14.1. The maximum absolute atomic E-state index is 12.5. The molecule has 1 fully saturated rings. The number of likely N-dealkylation sites (tertiary alicyclic amines) is 1.